The van der Waals surface area contributed by atoms with Gasteiger partial charge in [0.1, 0.15) is 0 Å². The minimum absolute atomic E-state index is 0.168. The van der Waals surface area contributed by atoms with E-state index in [1.165, 1.54) is 20.7 Å². The summed E-state index contributed by atoms with van der Waals surface area (Å²) < 4.78 is 3.55. The molecule has 1 aliphatic rings. The Labute approximate surface area is 132 Å². The highest BCUT2D eigenvalue weighted by Gasteiger charge is 2.34. The Morgan fingerprint density at radius 1 is 1.50 bits per heavy atom. The maximum absolute atomic E-state index is 10.4. The van der Waals surface area contributed by atoms with Crippen molar-refractivity contribution in [2.24, 2.45) is 5.41 Å². The third-order valence-electron chi connectivity index (χ3n) is 4.19. The molecule has 2 aromatic rings. The minimum atomic E-state index is -0.319. The van der Waals surface area contributed by atoms with Crippen molar-refractivity contribution < 1.29 is 5.11 Å². The highest BCUT2D eigenvalue weighted by Crippen LogP contribution is 2.42. The van der Waals surface area contributed by atoms with Crippen LogP contribution in [0.4, 0.5) is 0 Å². The number of aryl methyl sites for hydroxylation is 1. The third-order valence-corrected chi connectivity index (χ3v) is 6.10. The molecule has 0 aromatic carbocycles. The van der Waals surface area contributed by atoms with Crippen molar-refractivity contribution in [3.8, 4) is 0 Å². The molecule has 0 aliphatic heterocycles. The van der Waals surface area contributed by atoms with E-state index in [2.05, 4.69) is 58.8 Å². The van der Waals surface area contributed by atoms with Crippen molar-refractivity contribution in [1.29, 1.82) is 0 Å². The molecule has 0 saturated heterocycles. The first-order valence-electron chi connectivity index (χ1n) is 6.96. The first-order valence-corrected chi connectivity index (χ1v) is 8.63. The fraction of sp³-hybridized carbons (Fsp3) is 0.500. The van der Waals surface area contributed by atoms with Crippen molar-refractivity contribution in [2.45, 2.75) is 46.3 Å². The van der Waals surface area contributed by atoms with Gasteiger partial charge in [-0.25, -0.2) is 0 Å². The Hall–Kier alpha value is -0.580. The molecular formula is C16H20BrNOS. The van der Waals surface area contributed by atoms with Crippen molar-refractivity contribution in [1.82, 2.24) is 4.57 Å². The van der Waals surface area contributed by atoms with Gasteiger partial charge in [-0.3, -0.25) is 0 Å². The molecule has 3 rings (SSSR count). The Bertz CT molecular complexity index is 641. The van der Waals surface area contributed by atoms with E-state index in [4.69, 9.17) is 0 Å². The average Bonchev–Trinajstić information content (AvgIpc) is 2.86. The van der Waals surface area contributed by atoms with E-state index in [1.807, 2.05) is 0 Å². The Kier molecular flexibility index (Phi) is 3.59. The molecule has 0 amide bonds. The van der Waals surface area contributed by atoms with Crippen LogP contribution in [0, 0.1) is 12.3 Å². The maximum Gasteiger partial charge on any atom is 0.0812 e. The molecule has 2 heterocycles. The predicted octanol–water partition coefficient (Wildman–Crippen LogP) is 4.67. The van der Waals surface area contributed by atoms with Crippen LogP contribution in [0.1, 0.15) is 48.2 Å². The van der Waals surface area contributed by atoms with Crippen LogP contribution < -0.4 is 0 Å². The van der Waals surface area contributed by atoms with Crippen molar-refractivity contribution in [3.63, 3.8) is 0 Å². The number of aliphatic hydroxyl groups is 1. The van der Waals surface area contributed by atoms with Gasteiger partial charge < -0.3 is 9.67 Å². The molecule has 108 valence electrons. The summed E-state index contributed by atoms with van der Waals surface area (Å²) in [5, 5.41) is 12.5. The topological polar surface area (TPSA) is 25.2 Å². The molecule has 20 heavy (non-hydrogen) atoms. The summed E-state index contributed by atoms with van der Waals surface area (Å²) >= 11 is 5.39. The summed E-state index contributed by atoms with van der Waals surface area (Å²) in [6.45, 7) is 7.52. The van der Waals surface area contributed by atoms with Crippen LogP contribution in [0.5, 0.6) is 0 Å². The lowest BCUT2D eigenvalue weighted by atomic mass is 9.75. The largest absolute Gasteiger partial charge is 0.388 e. The predicted molar refractivity (Wildman–Crippen MR) is 87.4 cm³/mol. The van der Waals surface area contributed by atoms with Crippen LogP contribution >= 0.6 is 27.3 Å². The number of thiophene rings is 1. The van der Waals surface area contributed by atoms with Crippen molar-refractivity contribution in [3.05, 3.63) is 43.8 Å². The van der Waals surface area contributed by atoms with Gasteiger partial charge in [0, 0.05) is 26.3 Å². The van der Waals surface area contributed by atoms with Crippen LogP contribution in [0.3, 0.4) is 0 Å². The fourth-order valence-electron chi connectivity index (χ4n) is 3.20. The molecule has 0 saturated carbocycles. The van der Waals surface area contributed by atoms with Gasteiger partial charge >= 0.3 is 0 Å². The van der Waals surface area contributed by atoms with Gasteiger partial charge in [-0.2, -0.15) is 0 Å². The second-order valence-electron chi connectivity index (χ2n) is 6.53. The summed E-state index contributed by atoms with van der Waals surface area (Å²) in [5.74, 6) is 0. The minimum Gasteiger partial charge on any atom is -0.388 e. The second kappa shape index (κ2) is 5.00. The number of aliphatic hydroxyl groups excluding tert-OH is 1. The van der Waals surface area contributed by atoms with E-state index in [0.29, 0.717) is 0 Å². The molecule has 1 aliphatic carbocycles. The van der Waals surface area contributed by atoms with Crippen LogP contribution in [-0.4, -0.2) is 9.67 Å². The van der Waals surface area contributed by atoms with E-state index >= 15 is 0 Å². The van der Waals surface area contributed by atoms with Crippen molar-refractivity contribution >= 4 is 27.3 Å². The van der Waals surface area contributed by atoms with Gasteiger partial charge in [0.25, 0.3) is 0 Å². The van der Waals surface area contributed by atoms with E-state index in [0.717, 1.165) is 24.9 Å². The number of hydrogen-bond donors (Lipinski definition) is 1. The average molecular weight is 354 g/mol. The number of fused-ring (bicyclic) bond motifs is 1. The first-order chi connectivity index (χ1) is 9.37. The quantitative estimate of drug-likeness (QED) is 0.833. The molecule has 4 heteroatoms. The van der Waals surface area contributed by atoms with E-state index in [-0.39, 0.29) is 11.5 Å². The fourth-order valence-corrected chi connectivity index (χ4v) is 4.67. The van der Waals surface area contributed by atoms with Crippen LogP contribution in [0.25, 0.3) is 0 Å². The van der Waals surface area contributed by atoms with Crippen molar-refractivity contribution in [2.75, 3.05) is 0 Å². The summed E-state index contributed by atoms with van der Waals surface area (Å²) in [5.41, 5.74) is 3.86. The number of nitrogens with zero attached hydrogens (tertiary/aromatic N) is 1. The SMILES string of the molecule is Cc1cc2c(n1Cc1sccc1Br)CC(C)(C)CC2O. The molecule has 1 atom stereocenters. The molecule has 0 radical (unpaired) electrons. The van der Waals surface area contributed by atoms with E-state index in [9.17, 15) is 5.11 Å². The monoisotopic (exact) mass is 353 g/mol. The molecular weight excluding hydrogens is 334 g/mol. The molecule has 1 N–H and O–H groups in total. The zero-order valence-electron chi connectivity index (χ0n) is 12.1. The van der Waals surface area contributed by atoms with Gasteiger partial charge in [0.15, 0.2) is 0 Å². The zero-order valence-corrected chi connectivity index (χ0v) is 14.5. The molecule has 0 fully saturated rings. The Balaban J connectivity index is 2.03. The second-order valence-corrected chi connectivity index (χ2v) is 8.38. The molecule has 1 unspecified atom stereocenters. The Morgan fingerprint density at radius 2 is 2.25 bits per heavy atom. The molecule has 2 aromatic heterocycles. The number of halogens is 1. The highest BCUT2D eigenvalue weighted by molar-refractivity contribution is 9.10. The molecule has 0 spiro atoms. The van der Waals surface area contributed by atoms with Crippen LogP contribution in [0.2, 0.25) is 0 Å². The Morgan fingerprint density at radius 3 is 2.90 bits per heavy atom. The van der Waals surface area contributed by atoms with Gasteiger partial charge in [0.05, 0.1) is 12.6 Å². The summed E-state index contributed by atoms with van der Waals surface area (Å²) in [6, 6.07) is 4.26. The molecule has 2 nitrogen and oxygen atoms in total. The standard InChI is InChI=1S/C16H20BrNOS/c1-10-6-11-13(7-16(2,3)8-14(11)19)18(10)9-15-12(17)4-5-20-15/h4-6,14,19H,7-9H2,1-3H3. The normalized spacial score (nSPS) is 20.9. The smallest absolute Gasteiger partial charge is 0.0812 e. The third kappa shape index (κ3) is 2.49. The van der Waals surface area contributed by atoms with Gasteiger partial charge in [-0.1, -0.05) is 13.8 Å². The lowest BCUT2D eigenvalue weighted by Gasteiger charge is -2.34. The molecule has 0 bridgehead atoms. The van der Waals surface area contributed by atoms with Crippen LogP contribution in [0.15, 0.2) is 22.0 Å². The summed E-state index contributed by atoms with van der Waals surface area (Å²) in [4.78, 5) is 1.34. The number of rotatable bonds is 2. The van der Waals surface area contributed by atoms with Gasteiger partial charge in [-0.15, -0.1) is 11.3 Å². The summed E-state index contributed by atoms with van der Waals surface area (Å²) in [6.07, 6.45) is 1.57. The van der Waals surface area contributed by atoms with Gasteiger partial charge in [-0.05, 0) is 58.6 Å². The van der Waals surface area contributed by atoms with Gasteiger partial charge in [0.2, 0.25) is 0 Å². The maximum atomic E-state index is 10.4. The van der Waals surface area contributed by atoms with E-state index < -0.39 is 0 Å². The lowest BCUT2D eigenvalue weighted by Crippen LogP contribution is -2.27. The number of hydrogen-bond acceptors (Lipinski definition) is 2. The number of aromatic nitrogens is 1. The zero-order chi connectivity index (χ0) is 14.5. The summed E-state index contributed by atoms with van der Waals surface area (Å²) in [7, 11) is 0. The lowest BCUT2D eigenvalue weighted by molar-refractivity contribution is 0.0981. The first kappa shape index (κ1) is 14.4. The highest BCUT2D eigenvalue weighted by atomic mass is 79.9. The van der Waals surface area contributed by atoms with Crippen LogP contribution in [-0.2, 0) is 13.0 Å². The van der Waals surface area contributed by atoms with E-state index in [1.54, 1.807) is 11.3 Å².